The second kappa shape index (κ2) is 6.01. The van der Waals surface area contributed by atoms with E-state index >= 15 is 0 Å². The lowest BCUT2D eigenvalue weighted by atomic mass is 9.79. The van der Waals surface area contributed by atoms with Crippen molar-refractivity contribution in [3.05, 3.63) is 23.2 Å². The fourth-order valence-corrected chi connectivity index (χ4v) is 4.42. The highest BCUT2D eigenvalue weighted by molar-refractivity contribution is 7.18. The first-order valence-corrected chi connectivity index (χ1v) is 9.94. The molecule has 0 spiro atoms. The minimum Gasteiger partial charge on any atom is -0.399 e. The summed E-state index contributed by atoms with van der Waals surface area (Å²) in [6.45, 7) is 9.85. The molecule has 0 radical (unpaired) electrons. The van der Waals surface area contributed by atoms with Gasteiger partial charge in [-0.25, -0.2) is 4.98 Å². The van der Waals surface area contributed by atoms with Crippen molar-refractivity contribution in [3.8, 4) is 0 Å². The number of fused-ring (bicyclic) bond motifs is 1. The molecule has 1 aromatic heterocycles. The van der Waals surface area contributed by atoms with E-state index in [0.717, 1.165) is 35.6 Å². The Kier molecular flexibility index (Phi) is 4.25. The number of ether oxygens (including phenoxy) is 1. The molecule has 5 nitrogen and oxygen atoms in total. The van der Waals surface area contributed by atoms with Crippen LogP contribution in [-0.2, 0) is 20.5 Å². The predicted molar refractivity (Wildman–Crippen MR) is 106 cm³/mol. The molecule has 0 N–H and O–H groups in total. The Morgan fingerprint density at radius 2 is 1.77 bits per heavy atom. The largest absolute Gasteiger partial charge is 0.494 e. The van der Waals surface area contributed by atoms with E-state index in [-0.39, 0.29) is 23.9 Å². The van der Waals surface area contributed by atoms with Crippen molar-refractivity contribution in [2.24, 2.45) is 0 Å². The van der Waals surface area contributed by atoms with Crippen molar-refractivity contribution in [1.82, 2.24) is 9.88 Å². The third-order valence-electron chi connectivity index (χ3n) is 6.15. The van der Waals surface area contributed by atoms with Crippen LogP contribution in [0.25, 0.3) is 10.2 Å². The number of benzene rings is 1. The van der Waals surface area contributed by atoms with E-state index in [1.807, 2.05) is 0 Å². The molecule has 2 saturated heterocycles. The maximum Gasteiger partial charge on any atom is 0.494 e. The number of rotatable bonds is 4. The lowest BCUT2D eigenvalue weighted by Crippen LogP contribution is -2.61. The van der Waals surface area contributed by atoms with Gasteiger partial charge in [0.25, 0.3) is 0 Å². The Morgan fingerprint density at radius 1 is 1.12 bits per heavy atom. The van der Waals surface area contributed by atoms with Crippen LogP contribution in [0.1, 0.15) is 32.7 Å². The number of nitrogens with zero attached hydrogens (tertiary/aromatic N) is 2. The average molecular weight is 374 g/mol. The molecule has 2 aromatic rings. The molecule has 0 atom stereocenters. The van der Waals surface area contributed by atoms with Crippen LogP contribution in [0.2, 0.25) is 0 Å². The van der Waals surface area contributed by atoms with Gasteiger partial charge in [0, 0.05) is 6.42 Å². The van der Waals surface area contributed by atoms with Gasteiger partial charge in [0.1, 0.15) is 0 Å². The molecule has 0 amide bonds. The van der Waals surface area contributed by atoms with Crippen LogP contribution in [0.3, 0.4) is 0 Å². The van der Waals surface area contributed by atoms with Gasteiger partial charge in [-0.05, 0) is 59.4 Å². The number of likely N-dealkylation sites (N-methyl/N-ethyl adjacent to an activating group) is 1. The maximum absolute atomic E-state index is 6.17. The Bertz CT molecular complexity index is 813. The molecule has 1 aromatic carbocycles. The van der Waals surface area contributed by atoms with Crippen molar-refractivity contribution in [2.45, 2.75) is 50.9 Å². The number of thiazole rings is 1. The third-order valence-corrected chi connectivity index (χ3v) is 7.19. The van der Waals surface area contributed by atoms with Gasteiger partial charge in [-0.15, -0.1) is 11.3 Å². The van der Waals surface area contributed by atoms with E-state index in [4.69, 9.17) is 19.0 Å². The lowest BCUT2D eigenvalue weighted by molar-refractivity contribution is -0.124. The maximum atomic E-state index is 6.17. The Morgan fingerprint density at radius 3 is 2.31 bits per heavy atom. The van der Waals surface area contributed by atoms with Crippen molar-refractivity contribution < 1.29 is 14.0 Å². The quantitative estimate of drug-likeness (QED) is 0.770. The lowest BCUT2D eigenvalue weighted by Gasteiger charge is -2.46. The minimum absolute atomic E-state index is 0.0857. The van der Waals surface area contributed by atoms with Gasteiger partial charge in [-0.3, -0.25) is 4.90 Å². The van der Waals surface area contributed by atoms with Crippen molar-refractivity contribution in [3.63, 3.8) is 0 Å². The summed E-state index contributed by atoms with van der Waals surface area (Å²) < 4.78 is 19.0. The highest BCUT2D eigenvalue weighted by Crippen LogP contribution is 2.37. The second-order valence-electron chi connectivity index (χ2n) is 8.71. The van der Waals surface area contributed by atoms with E-state index in [1.54, 1.807) is 11.3 Å². The second-order valence-corrected chi connectivity index (χ2v) is 9.83. The SMILES string of the molecule is CN(C)C1(Cc2nc3cc(B4OC(C)(C)C(C)(C)O4)ccc3s2)COC1. The van der Waals surface area contributed by atoms with Gasteiger partial charge in [0.05, 0.1) is 45.2 Å². The Hall–Kier alpha value is -0.985. The van der Waals surface area contributed by atoms with Gasteiger partial charge in [0.15, 0.2) is 0 Å². The number of hydrogen-bond donors (Lipinski definition) is 0. The average Bonchev–Trinajstić information content (AvgIpc) is 2.99. The van der Waals surface area contributed by atoms with Gasteiger partial charge in [-0.2, -0.15) is 0 Å². The summed E-state index contributed by atoms with van der Waals surface area (Å²) in [6, 6.07) is 6.34. The van der Waals surface area contributed by atoms with Crippen molar-refractivity contribution >= 4 is 34.1 Å². The highest BCUT2D eigenvalue weighted by Gasteiger charge is 2.51. The van der Waals surface area contributed by atoms with Gasteiger partial charge >= 0.3 is 7.12 Å². The Labute approximate surface area is 159 Å². The molecule has 0 bridgehead atoms. The van der Waals surface area contributed by atoms with Crippen LogP contribution in [0.15, 0.2) is 18.2 Å². The zero-order valence-corrected chi connectivity index (χ0v) is 17.3. The summed E-state index contributed by atoms with van der Waals surface area (Å²) in [5, 5.41) is 1.16. The number of aromatic nitrogens is 1. The summed E-state index contributed by atoms with van der Waals surface area (Å²) in [7, 11) is 3.89. The Balaban J connectivity index is 1.59. The summed E-state index contributed by atoms with van der Waals surface area (Å²) >= 11 is 1.77. The molecule has 2 fully saturated rings. The molecule has 0 unspecified atom stereocenters. The number of hydrogen-bond acceptors (Lipinski definition) is 6. The molecule has 2 aliphatic heterocycles. The first-order chi connectivity index (χ1) is 12.1. The zero-order valence-electron chi connectivity index (χ0n) is 16.5. The van der Waals surface area contributed by atoms with Crippen LogP contribution >= 0.6 is 11.3 Å². The van der Waals surface area contributed by atoms with Crippen molar-refractivity contribution in [1.29, 1.82) is 0 Å². The van der Waals surface area contributed by atoms with Gasteiger partial charge in [0.2, 0.25) is 0 Å². The molecule has 7 heteroatoms. The summed E-state index contributed by atoms with van der Waals surface area (Å²) in [6.07, 6.45) is 0.922. The highest BCUT2D eigenvalue weighted by atomic mass is 32.1. The molecule has 4 rings (SSSR count). The topological polar surface area (TPSA) is 43.8 Å². The van der Waals surface area contributed by atoms with E-state index in [0.29, 0.717) is 0 Å². The normalized spacial score (nSPS) is 23.6. The first-order valence-electron chi connectivity index (χ1n) is 9.12. The van der Waals surface area contributed by atoms with E-state index in [9.17, 15) is 0 Å². The van der Waals surface area contributed by atoms with Crippen LogP contribution in [0.4, 0.5) is 0 Å². The minimum atomic E-state index is -0.345. The summed E-state index contributed by atoms with van der Waals surface area (Å²) in [5.41, 5.74) is 1.47. The molecule has 0 saturated carbocycles. The monoisotopic (exact) mass is 374 g/mol. The molecular formula is C19H27BN2O3S. The van der Waals surface area contributed by atoms with E-state index < -0.39 is 0 Å². The van der Waals surface area contributed by atoms with Crippen LogP contribution in [0.5, 0.6) is 0 Å². The summed E-state index contributed by atoms with van der Waals surface area (Å²) in [5.74, 6) is 0. The molecular weight excluding hydrogens is 347 g/mol. The smallest absolute Gasteiger partial charge is 0.399 e. The third kappa shape index (κ3) is 2.90. The van der Waals surface area contributed by atoms with Crippen LogP contribution in [-0.4, -0.2) is 61.1 Å². The first kappa shape index (κ1) is 18.4. The van der Waals surface area contributed by atoms with E-state index in [2.05, 4.69) is 64.9 Å². The molecule has 26 heavy (non-hydrogen) atoms. The standard InChI is InChI=1S/C19H27BN2O3S/c1-17(2)18(3,4)25-20(24-17)13-7-8-15-14(9-13)21-16(26-15)10-19(22(5)6)11-23-12-19/h7-9H,10-12H2,1-6H3. The van der Waals surface area contributed by atoms with Crippen LogP contribution in [0, 0.1) is 0 Å². The predicted octanol–water partition coefficient (Wildman–Crippen LogP) is 2.47. The van der Waals surface area contributed by atoms with E-state index in [1.165, 1.54) is 4.70 Å². The summed E-state index contributed by atoms with van der Waals surface area (Å²) in [4.78, 5) is 7.15. The van der Waals surface area contributed by atoms with Crippen LogP contribution < -0.4 is 5.46 Å². The molecule has 2 aliphatic rings. The zero-order chi connectivity index (χ0) is 18.7. The van der Waals surface area contributed by atoms with Crippen molar-refractivity contribution in [2.75, 3.05) is 27.3 Å². The fourth-order valence-electron chi connectivity index (χ4n) is 3.33. The van der Waals surface area contributed by atoms with Gasteiger partial charge < -0.3 is 14.0 Å². The van der Waals surface area contributed by atoms with Gasteiger partial charge in [-0.1, -0.05) is 6.07 Å². The fraction of sp³-hybridized carbons (Fsp3) is 0.632. The molecule has 0 aliphatic carbocycles. The molecule has 3 heterocycles. The molecule has 140 valence electrons.